The maximum Gasteiger partial charge on any atom is 0.416 e. The molecule has 4 rings (SSSR count). The number of aromatic hydroxyl groups is 1. The van der Waals surface area contributed by atoms with E-state index in [1.165, 1.54) is 18.3 Å². The number of halogens is 3. The molecule has 0 fully saturated rings. The summed E-state index contributed by atoms with van der Waals surface area (Å²) in [4.78, 5) is 17.8. The van der Waals surface area contributed by atoms with E-state index in [2.05, 4.69) is 4.99 Å². The first-order chi connectivity index (χ1) is 15.7. The van der Waals surface area contributed by atoms with Gasteiger partial charge in [-0.05, 0) is 48.7 Å². The number of benzene rings is 3. The summed E-state index contributed by atoms with van der Waals surface area (Å²) in [7, 11) is 0. The van der Waals surface area contributed by atoms with Crippen LogP contribution in [-0.4, -0.2) is 15.9 Å². The van der Waals surface area contributed by atoms with Crippen molar-refractivity contribution in [3.05, 3.63) is 99.3 Å². The third-order valence-corrected chi connectivity index (χ3v) is 5.56. The fourth-order valence-corrected chi connectivity index (χ4v) is 3.87. The first-order valence-electron chi connectivity index (χ1n) is 10.4. The zero-order valence-electron chi connectivity index (χ0n) is 18.0. The van der Waals surface area contributed by atoms with Crippen molar-refractivity contribution in [3.63, 3.8) is 0 Å². The highest BCUT2D eigenvalue weighted by atomic mass is 19.4. The van der Waals surface area contributed by atoms with Gasteiger partial charge in [-0.25, -0.2) is 4.57 Å². The minimum atomic E-state index is -4.59. The molecule has 1 aromatic heterocycles. The van der Waals surface area contributed by atoms with Gasteiger partial charge in [0, 0.05) is 17.0 Å². The van der Waals surface area contributed by atoms with E-state index in [1.807, 2.05) is 32.0 Å². The van der Waals surface area contributed by atoms with E-state index in [4.69, 9.17) is 0 Å². The van der Waals surface area contributed by atoms with Gasteiger partial charge in [-0.1, -0.05) is 49.4 Å². The number of fused-ring (bicyclic) bond motifs is 1. The van der Waals surface area contributed by atoms with Crippen LogP contribution in [0.5, 0.6) is 5.88 Å². The molecule has 0 atom stereocenters. The topological polar surface area (TPSA) is 54.6 Å². The summed E-state index contributed by atoms with van der Waals surface area (Å²) in [5.74, 6) is -0.478. The van der Waals surface area contributed by atoms with Crippen molar-refractivity contribution in [2.45, 2.75) is 26.4 Å². The van der Waals surface area contributed by atoms with Crippen LogP contribution in [0.25, 0.3) is 16.5 Å². The molecule has 0 bridgehead atoms. The number of alkyl halides is 3. The lowest BCUT2D eigenvalue weighted by atomic mass is 10.1. The number of rotatable bonds is 4. The van der Waals surface area contributed by atoms with Gasteiger partial charge in [-0.2, -0.15) is 13.2 Å². The number of hydrogen-bond donors (Lipinski definition) is 1. The van der Waals surface area contributed by atoms with Gasteiger partial charge in [0.15, 0.2) is 0 Å². The van der Waals surface area contributed by atoms with Crippen molar-refractivity contribution < 1.29 is 18.3 Å². The number of pyridine rings is 1. The van der Waals surface area contributed by atoms with Gasteiger partial charge in [0.25, 0.3) is 5.56 Å². The predicted molar refractivity (Wildman–Crippen MR) is 124 cm³/mol. The molecule has 0 aliphatic heterocycles. The van der Waals surface area contributed by atoms with Crippen LogP contribution in [0.15, 0.2) is 76.5 Å². The maximum atomic E-state index is 13.3. The Hall–Kier alpha value is -3.87. The van der Waals surface area contributed by atoms with Crippen LogP contribution in [0.4, 0.5) is 18.9 Å². The highest BCUT2D eigenvalue weighted by molar-refractivity contribution is 6.02. The van der Waals surface area contributed by atoms with Crippen LogP contribution in [0.1, 0.15) is 29.2 Å². The Morgan fingerprint density at radius 3 is 2.39 bits per heavy atom. The second-order valence-corrected chi connectivity index (χ2v) is 7.67. The molecule has 0 radical (unpaired) electrons. The van der Waals surface area contributed by atoms with Crippen molar-refractivity contribution in [3.8, 4) is 11.6 Å². The largest absolute Gasteiger partial charge is 0.494 e. The molecule has 4 nitrogen and oxygen atoms in total. The van der Waals surface area contributed by atoms with Gasteiger partial charge in [0.2, 0.25) is 5.88 Å². The monoisotopic (exact) mass is 450 g/mol. The van der Waals surface area contributed by atoms with E-state index in [0.717, 1.165) is 39.9 Å². The molecule has 0 aliphatic carbocycles. The highest BCUT2D eigenvalue weighted by Crippen LogP contribution is 2.32. The fraction of sp³-hybridized carbons (Fsp3) is 0.154. The van der Waals surface area contributed by atoms with E-state index >= 15 is 0 Å². The van der Waals surface area contributed by atoms with Gasteiger partial charge in [-0.15, -0.1) is 0 Å². The summed E-state index contributed by atoms with van der Waals surface area (Å²) in [6.45, 7) is 3.93. The zero-order chi connectivity index (χ0) is 23.8. The Labute approximate surface area is 188 Å². The SMILES string of the molecule is CCc1cccc(C)c1N=Cc1c(O)n(-c2cccc(C(F)(F)F)c2)c(=O)c2ccccc12. The first kappa shape index (κ1) is 22.3. The van der Waals surface area contributed by atoms with Crippen molar-refractivity contribution >= 4 is 22.7 Å². The average molecular weight is 450 g/mol. The van der Waals surface area contributed by atoms with E-state index < -0.39 is 23.2 Å². The number of hydrogen-bond acceptors (Lipinski definition) is 3. The second-order valence-electron chi connectivity index (χ2n) is 7.67. The first-order valence-corrected chi connectivity index (χ1v) is 10.4. The van der Waals surface area contributed by atoms with Gasteiger partial charge in [0.05, 0.1) is 22.5 Å². The van der Waals surface area contributed by atoms with Gasteiger partial charge in [-0.3, -0.25) is 9.79 Å². The Morgan fingerprint density at radius 1 is 1.00 bits per heavy atom. The normalized spacial score (nSPS) is 12.0. The van der Waals surface area contributed by atoms with Gasteiger partial charge >= 0.3 is 6.18 Å². The number of para-hydroxylation sites is 1. The van der Waals surface area contributed by atoms with E-state index in [0.29, 0.717) is 5.39 Å². The third kappa shape index (κ3) is 4.14. The van der Waals surface area contributed by atoms with Crippen molar-refractivity contribution in [2.24, 2.45) is 4.99 Å². The summed E-state index contributed by atoms with van der Waals surface area (Å²) in [5.41, 5.74) is 1.33. The highest BCUT2D eigenvalue weighted by Gasteiger charge is 2.31. The Bertz CT molecular complexity index is 1440. The molecule has 4 aromatic rings. The molecule has 168 valence electrons. The summed E-state index contributed by atoms with van der Waals surface area (Å²) in [6, 6.07) is 16.8. The van der Waals surface area contributed by atoms with Crippen LogP contribution in [0, 0.1) is 6.92 Å². The molecule has 7 heteroatoms. The standard InChI is InChI=1S/C26H21F3N2O2/c1-3-17-9-6-8-16(2)23(17)30-15-22-20-12-4-5-13-21(20)24(32)31(25(22)33)19-11-7-10-18(14-19)26(27,28)29/h4-15,33H,3H2,1-2H3. The average Bonchev–Trinajstić information content (AvgIpc) is 2.79. The Kier molecular flexibility index (Phi) is 5.80. The van der Waals surface area contributed by atoms with E-state index in [-0.39, 0.29) is 16.6 Å². The molecular formula is C26H21F3N2O2. The third-order valence-electron chi connectivity index (χ3n) is 5.56. The molecular weight excluding hydrogens is 429 g/mol. The van der Waals surface area contributed by atoms with Crippen molar-refractivity contribution in [2.75, 3.05) is 0 Å². The summed E-state index contributed by atoms with van der Waals surface area (Å²) in [5, 5.41) is 11.8. The molecule has 0 saturated carbocycles. The van der Waals surface area contributed by atoms with Crippen LogP contribution in [0.3, 0.4) is 0 Å². The molecule has 1 N–H and O–H groups in total. The smallest absolute Gasteiger partial charge is 0.416 e. The second kappa shape index (κ2) is 8.58. The minimum absolute atomic E-state index is 0.0853. The van der Waals surface area contributed by atoms with Crippen LogP contribution in [-0.2, 0) is 12.6 Å². The number of aromatic nitrogens is 1. The van der Waals surface area contributed by atoms with Gasteiger partial charge in [0.1, 0.15) is 0 Å². The quantitative estimate of drug-likeness (QED) is 0.369. The molecule has 33 heavy (non-hydrogen) atoms. The summed E-state index contributed by atoms with van der Waals surface area (Å²) < 4.78 is 40.7. The molecule has 1 heterocycles. The molecule has 0 aliphatic rings. The maximum absolute atomic E-state index is 13.3. The van der Waals surface area contributed by atoms with Crippen LogP contribution in [0.2, 0.25) is 0 Å². The van der Waals surface area contributed by atoms with Crippen LogP contribution >= 0.6 is 0 Å². The van der Waals surface area contributed by atoms with E-state index in [1.54, 1.807) is 24.3 Å². The number of nitrogens with zero attached hydrogens (tertiary/aromatic N) is 2. The zero-order valence-corrected chi connectivity index (χ0v) is 18.0. The molecule has 0 saturated heterocycles. The molecule has 0 spiro atoms. The lowest BCUT2D eigenvalue weighted by Gasteiger charge is -2.15. The molecule has 0 unspecified atom stereocenters. The Morgan fingerprint density at radius 2 is 1.70 bits per heavy atom. The number of aliphatic imine (C=N–C) groups is 1. The number of aryl methyl sites for hydroxylation is 2. The van der Waals surface area contributed by atoms with Crippen LogP contribution < -0.4 is 5.56 Å². The fourth-order valence-electron chi connectivity index (χ4n) is 3.87. The Balaban J connectivity index is 1.99. The summed E-state index contributed by atoms with van der Waals surface area (Å²) in [6.07, 6.45) is -2.37. The molecule has 3 aromatic carbocycles. The van der Waals surface area contributed by atoms with Crippen molar-refractivity contribution in [1.82, 2.24) is 4.57 Å². The lowest BCUT2D eigenvalue weighted by Crippen LogP contribution is -2.20. The van der Waals surface area contributed by atoms with Crippen molar-refractivity contribution in [1.29, 1.82) is 0 Å². The molecule has 0 amide bonds. The van der Waals surface area contributed by atoms with Gasteiger partial charge < -0.3 is 5.11 Å². The minimum Gasteiger partial charge on any atom is -0.494 e. The summed E-state index contributed by atoms with van der Waals surface area (Å²) >= 11 is 0. The van der Waals surface area contributed by atoms with E-state index in [9.17, 15) is 23.1 Å². The lowest BCUT2D eigenvalue weighted by molar-refractivity contribution is -0.137. The predicted octanol–water partition coefficient (Wildman–Crippen LogP) is 6.34.